The van der Waals surface area contributed by atoms with E-state index in [1.54, 1.807) is 6.92 Å². The minimum atomic E-state index is 0.269. The van der Waals surface area contributed by atoms with Crippen molar-refractivity contribution in [2.75, 3.05) is 0 Å². The molecule has 1 aromatic heterocycles. The Labute approximate surface area is 69.7 Å². The number of rotatable bonds is 1. The van der Waals surface area contributed by atoms with E-state index < -0.39 is 0 Å². The molecule has 56 valence electrons. The predicted octanol–water partition coefficient (Wildman–Crippen LogP) is 1.50. The van der Waals surface area contributed by atoms with E-state index >= 15 is 0 Å². The predicted molar refractivity (Wildman–Crippen MR) is 41.1 cm³/mol. The summed E-state index contributed by atoms with van der Waals surface area (Å²) in [6, 6.07) is 2.00. The Morgan fingerprint density at radius 3 is 2.91 bits per heavy atom. The average molecular weight is 168 g/mol. The van der Waals surface area contributed by atoms with Crippen LogP contribution in [0.15, 0.2) is 6.33 Å². The van der Waals surface area contributed by atoms with Crippen LogP contribution in [0.3, 0.4) is 0 Å². The van der Waals surface area contributed by atoms with Gasteiger partial charge in [-0.25, -0.2) is 9.97 Å². The quantitative estimate of drug-likeness (QED) is 0.596. The van der Waals surface area contributed by atoms with Crippen molar-refractivity contribution < 1.29 is 0 Å². The molecule has 0 saturated heterocycles. The number of halogens is 1. The Kier molecular flexibility index (Phi) is 2.40. The summed E-state index contributed by atoms with van der Waals surface area (Å²) in [4.78, 5) is 7.67. The van der Waals surface area contributed by atoms with Crippen molar-refractivity contribution in [3.63, 3.8) is 0 Å². The molecular weight excluding hydrogens is 162 g/mol. The van der Waals surface area contributed by atoms with Crippen molar-refractivity contribution in [3.8, 4) is 6.07 Å². The third-order valence-corrected chi connectivity index (χ3v) is 1.69. The summed E-state index contributed by atoms with van der Waals surface area (Å²) in [7, 11) is 0. The van der Waals surface area contributed by atoms with Crippen molar-refractivity contribution in [1.29, 1.82) is 5.26 Å². The summed E-state index contributed by atoms with van der Waals surface area (Å²) in [5, 5.41) is 8.78. The Balaban J connectivity index is 3.12. The molecule has 11 heavy (non-hydrogen) atoms. The lowest BCUT2D eigenvalue weighted by molar-refractivity contribution is 1.03. The first-order valence-electron chi connectivity index (χ1n) is 3.08. The average Bonchev–Trinajstić information content (AvgIpc) is 1.97. The molecule has 0 radical (unpaired) electrons. The van der Waals surface area contributed by atoms with Gasteiger partial charge in [-0.1, -0.05) is 11.6 Å². The van der Waals surface area contributed by atoms with Gasteiger partial charge in [-0.05, 0) is 6.92 Å². The number of hydrogen-bond acceptors (Lipinski definition) is 3. The van der Waals surface area contributed by atoms with Gasteiger partial charge in [0.1, 0.15) is 11.5 Å². The van der Waals surface area contributed by atoms with Crippen LogP contribution in [0.2, 0.25) is 5.15 Å². The maximum absolute atomic E-state index is 8.40. The maximum Gasteiger partial charge on any atom is 0.136 e. The fourth-order valence-electron chi connectivity index (χ4n) is 0.751. The summed E-state index contributed by atoms with van der Waals surface area (Å²) < 4.78 is 0. The zero-order valence-electron chi connectivity index (χ0n) is 6.00. The van der Waals surface area contributed by atoms with Crippen LogP contribution in [0.1, 0.15) is 11.3 Å². The summed E-state index contributed by atoms with van der Waals surface area (Å²) in [6.45, 7) is 1.81. The Morgan fingerprint density at radius 1 is 1.64 bits per heavy atom. The van der Waals surface area contributed by atoms with Gasteiger partial charge in [0.2, 0.25) is 0 Å². The van der Waals surface area contributed by atoms with E-state index in [1.165, 1.54) is 6.33 Å². The van der Waals surface area contributed by atoms with Crippen molar-refractivity contribution >= 4 is 11.6 Å². The van der Waals surface area contributed by atoms with Crippen molar-refractivity contribution in [3.05, 3.63) is 22.7 Å². The lowest BCUT2D eigenvalue weighted by atomic mass is 10.2. The lowest BCUT2D eigenvalue weighted by Gasteiger charge is -1.99. The molecule has 0 fully saturated rings. The summed E-state index contributed by atoms with van der Waals surface area (Å²) in [5.74, 6) is 0. The smallest absolute Gasteiger partial charge is 0.136 e. The number of aryl methyl sites for hydroxylation is 1. The van der Waals surface area contributed by atoms with E-state index in [4.69, 9.17) is 16.9 Å². The monoisotopic (exact) mass is 167 g/mol. The third kappa shape index (κ3) is 1.66. The minimum Gasteiger partial charge on any atom is -0.241 e. The van der Waals surface area contributed by atoms with Crippen LogP contribution in [-0.2, 0) is 6.42 Å². The SMILES string of the molecule is Cc1ncnc(Cl)c1CC#N. The van der Waals surface area contributed by atoms with Crippen LogP contribution in [0.25, 0.3) is 0 Å². The van der Waals surface area contributed by atoms with Gasteiger partial charge < -0.3 is 0 Å². The molecule has 0 aliphatic heterocycles. The van der Waals surface area contributed by atoms with Crippen LogP contribution >= 0.6 is 11.6 Å². The van der Waals surface area contributed by atoms with Gasteiger partial charge in [0, 0.05) is 11.3 Å². The molecule has 0 bridgehead atoms. The highest BCUT2D eigenvalue weighted by Gasteiger charge is 2.04. The Bertz CT molecular complexity index is 283. The van der Waals surface area contributed by atoms with Gasteiger partial charge in [0.25, 0.3) is 0 Å². The molecule has 4 heteroatoms. The van der Waals surface area contributed by atoms with Gasteiger partial charge in [0.05, 0.1) is 12.5 Å². The molecule has 0 atom stereocenters. The van der Waals surface area contributed by atoms with E-state index in [1.807, 2.05) is 6.07 Å². The molecule has 0 saturated carbocycles. The highest BCUT2D eigenvalue weighted by molar-refractivity contribution is 6.30. The van der Waals surface area contributed by atoms with Crippen LogP contribution in [-0.4, -0.2) is 9.97 Å². The number of nitriles is 1. The van der Waals surface area contributed by atoms with Crippen molar-refractivity contribution in [1.82, 2.24) is 9.97 Å². The molecule has 0 aliphatic carbocycles. The first-order chi connectivity index (χ1) is 5.25. The molecule has 0 aliphatic rings. The number of hydrogen-bond donors (Lipinski definition) is 0. The maximum atomic E-state index is 8.40. The topological polar surface area (TPSA) is 49.6 Å². The molecular formula is C7H6ClN3. The van der Waals surface area contributed by atoms with E-state index in [-0.39, 0.29) is 6.42 Å². The van der Waals surface area contributed by atoms with Gasteiger partial charge in [0.15, 0.2) is 0 Å². The standard InChI is InChI=1S/C7H6ClN3/c1-5-6(2-3-9)7(8)11-4-10-5/h4H,2H2,1H3. The van der Waals surface area contributed by atoms with E-state index in [2.05, 4.69) is 9.97 Å². The second kappa shape index (κ2) is 3.31. The largest absolute Gasteiger partial charge is 0.241 e. The third-order valence-electron chi connectivity index (χ3n) is 1.36. The van der Waals surface area contributed by atoms with Crippen molar-refractivity contribution in [2.24, 2.45) is 0 Å². The van der Waals surface area contributed by atoms with Crippen LogP contribution in [0, 0.1) is 18.3 Å². The number of aromatic nitrogens is 2. The van der Waals surface area contributed by atoms with Crippen LogP contribution < -0.4 is 0 Å². The van der Waals surface area contributed by atoms with E-state index in [0.717, 1.165) is 11.3 Å². The highest BCUT2D eigenvalue weighted by Crippen LogP contribution is 2.14. The Hall–Kier alpha value is -1.14. The molecule has 0 aromatic carbocycles. The normalized spacial score (nSPS) is 9.18. The van der Waals surface area contributed by atoms with Gasteiger partial charge in [-0.2, -0.15) is 5.26 Å². The van der Waals surface area contributed by atoms with E-state index in [0.29, 0.717) is 5.15 Å². The molecule has 0 spiro atoms. The second-order valence-electron chi connectivity index (χ2n) is 2.06. The highest BCUT2D eigenvalue weighted by atomic mass is 35.5. The zero-order valence-corrected chi connectivity index (χ0v) is 6.76. The minimum absolute atomic E-state index is 0.269. The molecule has 0 amide bonds. The van der Waals surface area contributed by atoms with E-state index in [9.17, 15) is 0 Å². The summed E-state index contributed by atoms with van der Waals surface area (Å²) in [5.41, 5.74) is 1.49. The second-order valence-corrected chi connectivity index (χ2v) is 2.42. The molecule has 3 nitrogen and oxygen atoms in total. The zero-order chi connectivity index (χ0) is 8.27. The summed E-state index contributed by atoms with van der Waals surface area (Å²) >= 11 is 5.71. The van der Waals surface area contributed by atoms with Crippen LogP contribution in [0.4, 0.5) is 0 Å². The van der Waals surface area contributed by atoms with Gasteiger partial charge in [-0.3, -0.25) is 0 Å². The fourth-order valence-corrected chi connectivity index (χ4v) is 0.998. The van der Waals surface area contributed by atoms with Gasteiger partial charge in [-0.15, -0.1) is 0 Å². The molecule has 1 aromatic rings. The number of nitrogens with zero attached hydrogens (tertiary/aromatic N) is 3. The molecule has 1 rings (SSSR count). The molecule has 0 unspecified atom stereocenters. The molecule has 0 N–H and O–H groups in total. The lowest BCUT2D eigenvalue weighted by Crippen LogP contribution is -1.94. The van der Waals surface area contributed by atoms with Crippen LogP contribution in [0.5, 0.6) is 0 Å². The molecule has 1 heterocycles. The van der Waals surface area contributed by atoms with Crippen molar-refractivity contribution in [2.45, 2.75) is 13.3 Å². The first kappa shape index (κ1) is 7.96. The first-order valence-corrected chi connectivity index (χ1v) is 3.46. The fraction of sp³-hybridized carbons (Fsp3) is 0.286. The Morgan fingerprint density at radius 2 is 2.36 bits per heavy atom. The summed E-state index contributed by atoms with van der Waals surface area (Å²) in [6.07, 6.45) is 1.66. The van der Waals surface area contributed by atoms with Gasteiger partial charge >= 0.3 is 0 Å².